The highest BCUT2D eigenvalue weighted by Gasteiger charge is 2.42. The van der Waals surface area contributed by atoms with E-state index in [0.717, 1.165) is 10.5 Å². The van der Waals surface area contributed by atoms with Crippen molar-refractivity contribution in [2.24, 2.45) is 0 Å². The molecule has 4 atom stereocenters. The highest BCUT2D eigenvalue weighted by molar-refractivity contribution is 7.99. The second-order valence-corrected chi connectivity index (χ2v) is 7.32. The van der Waals surface area contributed by atoms with Gasteiger partial charge in [0.05, 0.1) is 17.7 Å². The second kappa shape index (κ2) is 7.99. The molecule has 1 fully saturated rings. The number of aliphatic hydroxyl groups excluding tert-OH is 2. The number of aromatic amines is 1. The normalized spacial score (nSPS) is 24.9. The molecule has 1 aliphatic rings. The molecule has 0 spiro atoms. The minimum Gasteiger partial charge on any atom is -0.389 e. The summed E-state index contributed by atoms with van der Waals surface area (Å²) in [5, 5.41) is 24.2. The molecule has 6 N–H and O–H groups in total. The van der Waals surface area contributed by atoms with Crippen LogP contribution in [0.2, 0.25) is 0 Å². The highest BCUT2D eigenvalue weighted by Crippen LogP contribution is 2.34. The number of aromatic nitrogens is 3. The number of anilines is 1. The Morgan fingerprint density at radius 2 is 1.89 bits per heavy atom. The van der Waals surface area contributed by atoms with Crippen molar-refractivity contribution in [3.63, 3.8) is 0 Å². The van der Waals surface area contributed by atoms with Crippen molar-refractivity contribution >= 4 is 41.0 Å². The maximum Gasteiger partial charge on any atom is 0.151 e. The number of halogens is 2. The van der Waals surface area contributed by atoms with Crippen LogP contribution in [-0.2, 0) is 0 Å². The fourth-order valence-corrected chi connectivity index (χ4v) is 4.21. The molecule has 1 aliphatic heterocycles. The van der Waals surface area contributed by atoms with Crippen LogP contribution in [0.25, 0.3) is 11.0 Å². The van der Waals surface area contributed by atoms with Crippen molar-refractivity contribution in [3.05, 3.63) is 48.2 Å². The van der Waals surface area contributed by atoms with Crippen molar-refractivity contribution < 1.29 is 14.6 Å². The second-order valence-electron chi connectivity index (χ2n) is 6.22. The number of nitrogens with two attached hydrogens (primary N) is 1. The van der Waals surface area contributed by atoms with E-state index in [1.165, 1.54) is 30.2 Å². The SMILES string of the molecule is Cl.Nc1ncnc2c(C3NC(CSc4ccc(F)cc4)C(O)C3O)c[nH]c12. The molecule has 0 radical (unpaired) electrons. The average Bonchev–Trinajstić information content (AvgIpc) is 3.18. The smallest absolute Gasteiger partial charge is 0.151 e. The van der Waals surface area contributed by atoms with Crippen molar-refractivity contribution in [2.45, 2.75) is 29.2 Å². The van der Waals surface area contributed by atoms with Gasteiger partial charge in [0.2, 0.25) is 0 Å². The summed E-state index contributed by atoms with van der Waals surface area (Å²) in [6.45, 7) is 0. The van der Waals surface area contributed by atoms with Gasteiger partial charge in [-0.15, -0.1) is 24.2 Å². The molecule has 1 aromatic carbocycles. The molecule has 7 nitrogen and oxygen atoms in total. The number of hydrogen-bond acceptors (Lipinski definition) is 7. The third-order valence-electron chi connectivity index (χ3n) is 4.60. The standard InChI is InChI=1S/C17H18FN5O2S.ClH/c18-8-1-3-9(4-2-8)26-6-11-15(24)16(25)13(23-11)10-5-20-14-12(10)21-7-22-17(14)19;/h1-5,7,11,13,15-16,20,23-25H,6H2,(H2,19,21,22);1H. The van der Waals surface area contributed by atoms with E-state index in [0.29, 0.717) is 22.6 Å². The predicted molar refractivity (Wildman–Crippen MR) is 104 cm³/mol. The first kappa shape index (κ1) is 19.8. The van der Waals surface area contributed by atoms with Gasteiger partial charge in [-0.1, -0.05) is 0 Å². The van der Waals surface area contributed by atoms with Crippen LogP contribution in [0, 0.1) is 5.82 Å². The van der Waals surface area contributed by atoms with Gasteiger partial charge >= 0.3 is 0 Å². The number of benzene rings is 1. The molecule has 27 heavy (non-hydrogen) atoms. The number of fused-ring (bicyclic) bond motifs is 1. The van der Waals surface area contributed by atoms with Crippen molar-refractivity contribution in [1.82, 2.24) is 20.3 Å². The molecule has 10 heteroatoms. The highest BCUT2D eigenvalue weighted by atomic mass is 35.5. The first-order valence-electron chi connectivity index (χ1n) is 8.12. The van der Waals surface area contributed by atoms with Gasteiger partial charge in [0.25, 0.3) is 0 Å². The summed E-state index contributed by atoms with van der Waals surface area (Å²) in [7, 11) is 0. The molecule has 0 amide bonds. The molecule has 0 bridgehead atoms. The van der Waals surface area contributed by atoms with E-state index in [2.05, 4.69) is 20.3 Å². The van der Waals surface area contributed by atoms with Gasteiger partial charge in [-0.2, -0.15) is 0 Å². The first-order valence-corrected chi connectivity index (χ1v) is 9.11. The Kier molecular flexibility index (Phi) is 5.87. The summed E-state index contributed by atoms with van der Waals surface area (Å²) in [5.74, 6) is 0.571. The van der Waals surface area contributed by atoms with Gasteiger partial charge in [0.15, 0.2) is 5.82 Å². The van der Waals surface area contributed by atoms with Gasteiger partial charge in [0.1, 0.15) is 23.8 Å². The van der Waals surface area contributed by atoms with Crippen LogP contribution in [-0.4, -0.2) is 49.2 Å². The van der Waals surface area contributed by atoms with Crippen molar-refractivity contribution in [3.8, 4) is 0 Å². The summed E-state index contributed by atoms with van der Waals surface area (Å²) < 4.78 is 13.0. The van der Waals surface area contributed by atoms with Gasteiger partial charge < -0.3 is 26.2 Å². The topological polar surface area (TPSA) is 120 Å². The first-order chi connectivity index (χ1) is 12.5. The summed E-state index contributed by atoms with van der Waals surface area (Å²) in [5.41, 5.74) is 7.79. The van der Waals surface area contributed by atoms with E-state index in [4.69, 9.17) is 5.73 Å². The van der Waals surface area contributed by atoms with Gasteiger partial charge in [-0.3, -0.25) is 0 Å². The molecular formula is C17H19ClFN5O2S. The minimum atomic E-state index is -0.982. The van der Waals surface area contributed by atoms with Crippen LogP contribution < -0.4 is 11.1 Å². The molecule has 3 aromatic rings. The van der Waals surface area contributed by atoms with Crippen LogP contribution in [0.3, 0.4) is 0 Å². The quantitative estimate of drug-likeness (QED) is 0.414. The Morgan fingerprint density at radius 1 is 1.15 bits per heavy atom. The third kappa shape index (κ3) is 3.74. The molecule has 1 saturated heterocycles. The average molecular weight is 412 g/mol. The van der Waals surface area contributed by atoms with E-state index in [9.17, 15) is 14.6 Å². The van der Waals surface area contributed by atoms with Crippen LogP contribution in [0.15, 0.2) is 41.7 Å². The summed E-state index contributed by atoms with van der Waals surface area (Å²) in [6.07, 6.45) is 1.18. The van der Waals surface area contributed by atoms with E-state index in [-0.39, 0.29) is 24.3 Å². The number of nitrogen functional groups attached to an aromatic ring is 1. The lowest BCUT2D eigenvalue weighted by Crippen LogP contribution is -2.35. The van der Waals surface area contributed by atoms with Gasteiger partial charge in [-0.25, -0.2) is 14.4 Å². The lowest BCUT2D eigenvalue weighted by atomic mass is 10.0. The van der Waals surface area contributed by atoms with E-state index < -0.39 is 18.2 Å². The molecule has 2 aromatic heterocycles. The zero-order valence-electron chi connectivity index (χ0n) is 14.0. The Labute approximate surface area is 165 Å². The van der Waals surface area contributed by atoms with Crippen LogP contribution >= 0.6 is 24.2 Å². The van der Waals surface area contributed by atoms with Gasteiger partial charge in [-0.05, 0) is 24.3 Å². The molecule has 0 saturated carbocycles. The minimum absolute atomic E-state index is 0. The number of thioether (sulfide) groups is 1. The number of H-pyrrole nitrogens is 1. The van der Waals surface area contributed by atoms with Gasteiger partial charge in [0, 0.05) is 28.5 Å². The molecule has 3 heterocycles. The van der Waals surface area contributed by atoms with Crippen molar-refractivity contribution in [1.29, 1.82) is 0 Å². The van der Waals surface area contributed by atoms with E-state index >= 15 is 0 Å². The van der Waals surface area contributed by atoms with E-state index in [1.807, 2.05) is 0 Å². The Morgan fingerprint density at radius 3 is 2.63 bits per heavy atom. The molecular weight excluding hydrogens is 393 g/mol. The zero-order chi connectivity index (χ0) is 18.3. The summed E-state index contributed by atoms with van der Waals surface area (Å²) in [4.78, 5) is 12.1. The molecule has 4 unspecified atom stereocenters. The zero-order valence-corrected chi connectivity index (χ0v) is 15.7. The number of nitrogens with zero attached hydrogens (tertiary/aromatic N) is 2. The Hall–Kier alpha value is -1.91. The van der Waals surface area contributed by atoms with Crippen LogP contribution in [0.5, 0.6) is 0 Å². The number of rotatable bonds is 4. The number of hydrogen-bond donors (Lipinski definition) is 5. The summed E-state index contributed by atoms with van der Waals surface area (Å²) >= 11 is 1.48. The Balaban J connectivity index is 0.00000210. The fourth-order valence-electron chi connectivity index (χ4n) is 3.22. The number of nitrogens with one attached hydrogen (secondary N) is 2. The van der Waals surface area contributed by atoms with Crippen LogP contribution in [0.1, 0.15) is 11.6 Å². The molecule has 0 aliphatic carbocycles. The molecule has 4 rings (SSSR count). The monoisotopic (exact) mass is 411 g/mol. The predicted octanol–water partition coefficient (Wildman–Crippen LogP) is 1.63. The maximum absolute atomic E-state index is 13.0. The number of aliphatic hydroxyl groups is 2. The van der Waals surface area contributed by atoms with Crippen LogP contribution in [0.4, 0.5) is 10.2 Å². The maximum atomic E-state index is 13.0. The molecule has 144 valence electrons. The lowest BCUT2D eigenvalue weighted by molar-refractivity contribution is 0.0308. The third-order valence-corrected chi connectivity index (χ3v) is 5.73. The Bertz CT molecular complexity index is 925. The largest absolute Gasteiger partial charge is 0.389 e. The summed E-state index contributed by atoms with van der Waals surface area (Å²) in [6, 6.07) is 5.37. The lowest BCUT2D eigenvalue weighted by Gasteiger charge is -2.15. The van der Waals surface area contributed by atoms with Crippen molar-refractivity contribution in [2.75, 3.05) is 11.5 Å². The fraction of sp³-hybridized carbons (Fsp3) is 0.294. The van der Waals surface area contributed by atoms with E-state index in [1.54, 1.807) is 18.3 Å².